The molecule has 0 N–H and O–H groups in total. The predicted molar refractivity (Wildman–Crippen MR) is 70.1 cm³/mol. The number of carbonyl (C=O) groups excluding carboxylic acids is 1. The molecule has 1 aromatic carbocycles. The number of ether oxygens (including phenoxy) is 1. The Labute approximate surface area is 106 Å². The summed E-state index contributed by atoms with van der Waals surface area (Å²) >= 11 is 0. The van der Waals surface area contributed by atoms with Crippen LogP contribution in [0.4, 0.5) is 0 Å². The number of hydrogen-bond donors (Lipinski definition) is 0. The molecule has 3 nitrogen and oxygen atoms in total. The number of ketones is 1. The second kappa shape index (κ2) is 5.45. The summed E-state index contributed by atoms with van der Waals surface area (Å²) in [6, 6.07) is 11.2. The zero-order valence-electron chi connectivity index (χ0n) is 10.5. The number of hydrogen-bond acceptors (Lipinski definition) is 3. The van der Waals surface area contributed by atoms with Crippen molar-refractivity contribution in [3.63, 3.8) is 0 Å². The van der Waals surface area contributed by atoms with Gasteiger partial charge in [-0.3, -0.25) is 4.79 Å². The minimum atomic E-state index is 0.0874. The summed E-state index contributed by atoms with van der Waals surface area (Å²) in [5.74, 6) is 1.32. The molecule has 0 radical (unpaired) electrons. The number of carbonyl (C=O) groups is 1. The minimum absolute atomic E-state index is 0.0874. The van der Waals surface area contributed by atoms with E-state index in [-0.39, 0.29) is 5.78 Å². The second-order valence-corrected chi connectivity index (χ2v) is 4.08. The number of pyridine rings is 1. The molecule has 0 aliphatic rings. The van der Waals surface area contributed by atoms with Gasteiger partial charge in [0.25, 0.3) is 0 Å². The molecule has 0 saturated carbocycles. The predicted octanol–water partition coefficient (Wildman–Crippen LogP) is 3.78. The van der Waals surface area contributed by atoms with E-state index in [9.17, 15) is 4.79 Å². The third-order valence-electron chi connectivity index (χ3n) is 2.62. The van der Waals surface area contributed by atoms with E-state index >= 15 is 0 Å². The van der Waals surface area contributed by atoms with Gasteiger partial charge in [-0.05, 0) is 25.1 Å². The average molecular weight is 241 g/mol. The van der Waals surface area contributed by atoms with Crippen molar-refractivity contribution in [2.24, 2.45) is 0 Å². The molecule has 92 valence electrons. The summed E-state index contributed by atoms with van der Waals surface area (Å²) < 4.78 is 5.58. The van der Waals surface area contributed by atoms with Gasteiger partial charge in [0.2, 0.25) is 5.88 Å². The molecule has 0 spiro atoms. The van der Waals surface area contributed by atoms with Crippen LogP contribution in [0.2, 0.25) is 0 Å². The molecule has 0 aliphatic heterocycles. The van der Waals surface area contributed by atoms with Gasteiger partial charge >= 0.3 is 0 Å². The standard InChI is InChI=1S/C15H15NO2/c1-3-14(17)12-6-9-15(16-10-12)18-13-7-4-11(2)5-8-13/h4-10H,3H2,1-2H3. The molecule has 0 aliphatic carbocycles. The highest BCUT2D eigenvalue weighted by Crippen LogP contribution is 2.19. The molecule has 3 heteroatoms. The Morgan fingerprint density at radius 3 is 2.44 bits per heavy atom. The molecular formula is C15H15NO2. The first-order valence-corrected chi connectivity index (χ1v) is 5.93. The first-order chi connectivity index (χ1) is 8.69. The highest BCUT2D eigenvalue weighted by Gasteiger charge is 2.04. The van der Waals surface area contributed by atoms with Crippen molar-refractivity contribution in [3.05, 3.63) is 53.7 Å². The number of nitrogens with zero attached hydrogens (tertiary/aromatic N) is 1. The normalized spacial score (nSPS) is 10.1. The molecule has 0 saturated heterocycles. The van der Waals surface area contributed by atoms with Crippen LogP contribution in [0.1, 0.15) is 29.3 Å². The third kappa shape index (κ3) is 2.94. The van der Waals surface area contributed by atoms with Crippen LogP contribution in [0.25, 0.3) is 0 Å². The van der Waals surface area contributed by atoms with Gasteiger partial charge in [-0.1, -0.05) is 24.6 Å². The fourth-order valence-electron chi connectivity index (χ4n) is 1.54. The average Bonchev–Trinajstić information content (AvgIpc) is 2.41. The molecule has 0 amide bonds. The molecular weight excluding hydrogens is 226 g/mol. The highest BCUT2D eigenvalue weighted by molar-refractivity contribution is 5.95. The minimum Gasteiger partial charge on any atom is -0.439 e. The maximum absolute atomic E-state index is 11.4. The van der Waals surface area contributed by atoms with Crippen molar-refractivity contribution in [3.8, 4) is 11.6 Å². The van der Waals surface area contributed by atoms with Crippen molar-refractivity contribution in [2.75, 3.05) is 0 Å². The molecule has 0 atom stereocenters. The summed E-state index contributed by atoms with van der Waals surface area (Å²) in [6.07, 6.45) is 2.04. The molecule has 1 aromatic heterocycles. The van der Waals surface area contributed by atoms with Crippen molar-refractivity contribution in [2.45, 2.75) is 20.3 Å². The van der Waals surface area contributed by atoms with Gasteiger partial charge in [-0.25, -0.2) is 4.98 Å². The Kier molecular flexibility index (Phi) is 3.72. The maximum atomic E-state index is 11.4. The van der Waals surface area contributed by atoms with E-state index < -0.39 is 0 Å². The van der Waals surface area contributed by atoms with Gasteiger partial charge in [-0.15, -0.1) is 0 Å². The summed E-state index contributed by atoms with van der Waals surface area (Å²) in [5.41, 5.74) is 1.80. The van der Waals surface area contributed by atoms with Crippen LogP contribution in [-0.2, 0) is 0 Å². The van der Waals surface area contributed by atoms with E-state index in [1.807, 2.05) is 38.1 Å². The van der Waals surface area contributed by atoms with Crippen molar-refractivity contribution >= 4 is 5.78 Å². The van der Waals surface area contributed by atoms with E-state index in [1.165, 1.54) is 5.56 Å². The molecule has 2 aromatic rings. The van der Waals surface area contributed by atoms with Gasteiger partial charge < -0.3 is 4.74 Å². The largest absolute Gasteiger partial charge is 0.439 e. The SMILES string of the molecule is CCC(=O)c1ccc(Oc2ccc(C)cc2)nc1. The lowest BCUT2D eigenvalue weighted by molar-refractivity contribution is 0.0988. The number of benzene rings is 1. The van der Waals surface area contributed by atoms with Crippen LogP contribution in [0.5, 0.6) is 11.6 Å². The molecule has 1 heterocycles. The number of rotatable bonds is 4. The summed E-state index contributed by atoms with van der Waals surface area (Å²) in [6.45, 7) is 3.85. The maximum Gasteiger partial charge on any atom is 0.219 e. The van der Waals surface area contributed by atoms with Crippen LogP contribution in [0.3, 0.4) is 0 Å². The zero-order chi connectivity index (χ0) is 13.0. The Hall–Kier alpha value is -2.16. The molecule has 0 unspecified atom stereocenters. The number of aryl methyl sites for hydroxylation is 1. The van der Waals surface area contributed by atoms with Crippen LogP contribution in [0.15, 0.2) is 42.6 Å². The van der Waals surface area contributed by atoms with Crippen molar-refractivity contribution < 1.29 is 9.53 Å². The lowest BCUT2D eigenvalue weighted by atomic mass is 10.1. The van der Waals surface area contributed by atoms with Crippen LogP contribution in [-0.4, -0.2) is 10.8 Å². The van der Waals surface area contributed by atoms with Gasteiger partial charge in [0.1, 0.15) is 5.75 Å². The quantitative estimate of drug-likeness (QED) is 0.765. The fourth-order valence-corrected chi connectivity index (χ4v) is 1.54. The number of aromatic nitrogens is 1. The lowest BCUT2D eigenvalue weighted by Gasteiger charge is -2.05. The highest BCUT2D eigenvalue weighted by atomic mass is 16.5. The van der Waals surface area contributed by atoms with Crippen LogP contribution >= 0.6 is 0 Å². The van der Waals surface area contributed by atoms with E-state index in [4.69, 9.17) is 4.74 Å². The number of Topliss-reactive ketones (excluding diaryl/α,β-unsaturated/α-hetero) is 1. The van der Waals surface area contributed by atoms with Crippen molar-refractivity contribution in [1.29, 1.82) is 0 Å². The molecule has 18 heavy (non-hydrogen) atoms. The third-order valence-corrected chi connectivity index (χ3v) is 2.62. The summed E-state index contributed by atoms with van der Waals surface area (Å²) in [4.78, 5) is 15.6. The van der Waals surface area contributed by atoms with Gasteiger partial charge in [0, 0.05) is 24.2 Å². The zero-order valence-corrected chi connectivity index (χ0v) is 10.5. The Morgan fingerprint density at radius 1 is 1.17 bits per heavy atom. The first kappa shape index (κ1) is 12.3. The van der Waals surface area contributed by atoms with Gasteiger partial charge in [-0.2, -0.15) is 0 Å². The first-order valence-electron chi connectivity index (χ1n) is 5.93. The second-order valence-electron chi connectivity index (χ2n) is 4.08. The van der Waals surface area contributed by atoms with Crippen LogP contribution < -0.4 is 4.74 Å². The topological polar surface area (TPSA) is 39.2 Å². The smallest absolute Gasteiger partial charge is 0.219 e. The Morgan fingerprint density at radius 2 is 1.89 bits per heavy atom. The van der Waals surface area contributed by atoms with E-state index in [0.29, 0.717) is 17.9 Å². The van der Waals surface area contributed by atoms with Crippen LogP contribution in [0, 0.1) is 6.92 Å². The molecule has 0 fully saturated rings. The van der Waals surface area contributed by atoms with Crippen molar-refractivity contribution in [1.82, 2.24) is 4.98 Å². The summed E-state index contributed by atoms with van der Waals surface area (Å²) in [7, 11) is 0. The summed E-state index contributed by atoms with van der Waals surface area (Å²) in [5, 5.41) is 0. The fraction of sp³-hybridized carbons (Fsp3) is 0.200. The van der Waals surface area contributed by atoms with Gasteiger partial charge in [0.05, 0.1) is 0 Å². The monoisotopic (exact) mass is 241 g/mol. The Bertz CT molecular complexity index is 529. The molecule has 2 rings (SSSR count). The lowest BCUT2D eigenvalue weighted by Crippen LogP contribution is -1.97. The van der Waals surface area contributed by atoms with E-state index in [2.05, 4.69) is 4.98 Å². The Balaban J connectivity index is 2.10. The van der Waals surface area contributed by atoms with E-state index in [0.717, 1.165) is 5.75 Å². The van der Waals surface area contributed by atoms with Gasteiger partial charge in [0.15, 0.2) is 5.78 Å². The molecule has 0 bridgehead atoms. The van der Waals surface area contributed by atoms with E-state index in [1.54, 1.807) is 18.3 Å².